The highest BCUT2D eigenvalue weighted by molar-refractivity contribution is 6.30. The number of hydrogen-bond donors (Lipinski definition) is 1. The lowest BCUT2D eigenvalue weighted by atomic mass is 9.84. The van der Waals surface area contributed by atoms with Gasteiger partial charge in [-0.2, -0.15) is 0 Å². The maximum absolute atomic E-state index is 12.6. The minimum absolute atomic E-state index is 0.0239. The molecule has 0 atom stereocenters. The van der Waals surface area contributed by atoms with Crippen molar-refractivity contribution >= 4 is 29.1 Å². The number of nitrogens with zero attached hydrogens (tertiary/aromatic N) is 2. The molecular formula is C22H26ClN3O2. The van der Waals surface area contributed by atoms with Crippen LogP contribution in [0.2, 0.25) is 5.02 Å². The van der Waals surface area contributed by atoms with Gasteiger partial charge in [-0.15, -0.1) is 0 Å². The molecule has 0 saturated carbocycles. The monoisotopic (exact) mass is 399 g/mol. The first kappa shape index (κ1) is 20.2. The van der Waals surface area contributed by atoms with E-state index < -0.39 is 5.41 Å². The fraction of sp³-hybridized carbons (Fsp3) is 0.364. The number of carbonyl (C=O) groups excluding carboxylic acids is 2. The second kappa shape index (κ2) is 8.65. The van der Waals surface area contributed by atoms with Crippen molar-refractivity contribution in [3.63, 3.8) is 0 Å². The fourth-order valence-corrected chi connectivity index (χ4v) is 3.47. The quantitative estimate of drug-likeness (QED) is 0.840. The molecule has 0 radical (unpaired) electrons. The molecule has 1 saturated heterocycles. The van der Waals surface area contributed by atoms with E-state index in [2.05, 4.69) is 10.2 Å². The Morgan fingerprint density at radius 2 is 1.57 bits per heavy atom. The van der Waals surface area contributed by atoms with Crippen molar-refractivity contribution in [2.75, 3.05) is 37.6 Å². The van der Waals surface area contributed by atoms with Crippen LogP contribution in [0.15, 0.2) is 54.6 Å². The maximum Gasteiger partial charge on any atom is 0.242 e. The number of carbonyl (C=O) groups is 2. The van der Waals surface area contributed by atoms with Crippen molar-refractivity contribution < 1.29 is 9.59 Å². The van der Waals surface area contributed by atoms with Gasteiger partial charge >= 0.3 is 0 Å². The summed E-state index contributed by atoms with van der Waals surface area (Å²) in [5, 5.41) is 3.52. The first-order chi connectivity index (χ1) is 13.4. The second-order valence-electron chi connectivity index (χ2n) is 7.52. The average molecular weight is 400 g/mol. The van der Waals surface area contributed by atoms with Crippen LogP contribution < -0.4 is 10.2 Å². The van der Waals surface area contributed by atoms with Crippen molar-refractivity contribution in [1.29, 1.82) is 0 Å². The van der Waals surface area contributed by atoms with Gasteiger partial charge in [0.25, 0.3) is 0 Å². The van der Waals surface area contributed by atoms with Crippen LogP contribution in [0.1, 0.15) is 19.4 Å². The van der Waals surface area contributed by atoms with Gasteiger partial charge in [0.2, 0.25) is 11.8 Å². The molecule has 5 nitrogen and oxygen atoms in total. The molecule has 148 valence electrons. The van der Waals surface area contributed by atoms with Crippen LogP contribution in [0.25, 0.3) is 0 Å². The predicted octanol–water partition coefficient (Wildman–Crippen LogP) is 3.08. The Kier molecular flexibility index (Phi) is 6.25. The highest BCUT2D eigenvalue weighted by Crippen LogP contribution is 2.23. The van der Waals surface area contributed by atoms with Crippen LogP contribution in [0.3, 0.4) is 0 Å². The molecule has 0 bridgehead atoms. The van der Waals surface area contributed by atoms with Crippen molar-refractivity contribution in [2.45, 2.75) is 19.3 Å². The van der Waals surface area contributed by atoms with E-state index in [-0.39, 0.29) is 18.4 Å². The van der Waals surface area contributed by atoms with E-state index >= 15 is 0 Å². The van der Waals surface area contributed by atoms with Crippen molar-refractivity contribution in [2.24, 2.45) is 0 Å². The number of halogens is 1. The summed E-state index contributed by atoms with van der Waals surface area (Å²) >= 11 is 5.94. The van der Waals surface area contributed by atoms with Crippen molar-refractivity contribution in [3.8, 4) is 0 Å². The molecule has 1 aliphatic heterocycles. The normalized spacial score (nSPS) is 14.7. The highest BCUT2D eigenvalue weighted by atomic mass is 35.5. The van der Waals surface area contributed by atoms with Gasteiger partial charge in [-0.3, -0.25) is 9.59 Å². The van der Waals surface area contributed by atoms with E-state index in [1.807, 2.05) is 73.3 Å². The minimum Gasteiger partial charge on any atom is -0.368 e. The first-order valence-electron chi connectivity index (χ1n) is 9.50. The van der Waals surface area contributed by atoms with Crippen LogP contribution in [0.4, 0.5) is 5.69 Å². The molecule has 2 aromatic rings. The van der Waals surface area contributed by atoms with Gasteiger partial charge in [-0.05, 0) is 43.7 Å². The molecule has 0 spiro atoms. The number of anilines is 1. The van der Waals surface area contributed by atoms with Gasteiger partial charge in [0.1, 0.15) is 0 Å². The molecule has 28 heavy (non-hydrogen) atoms. The molecule has 1 heterocycles. The summed E-state index contributed by atoms with van der Waals surface area (Å²) in [6.07, 6.45) is 0. The van der Waals surface area contributed by atoms with Gasteiger partial charge in [-0.1, -0.05) is 41.9 Å². The summed E-state index contributed by atoms with van der Waals surface area (Å²) in [7, 11) is 0. The van der Waals surface area contributed by atoms with E-state index in [1.54, 1.807) is 0 Å². The van der Waals surface area contributed by atoms with Crippen LogP contribution in [0, 0.1) is 0 Å². The fourth-order valence-electron chi connectivity index (χ4n) is 3.34. The maximum atomic E-state index is 12.6. The topological polar surface area (TPSA) is 52.7 Å². The zero-order chi connectivity index (χ0) is 20.1. The Hall–Kier alpha value is -2.53. The zero-order valence-corrected chi connectivity index (χ0v) is 17.1. The lowest BCUT2D eigenvalue weighted by Crippen LogP contribution is -2.52. The van der Waals surface area contributed by atoms with Gasteiger partial charge < -0.3 is 15.1 Å². The van der Waals surface area contributed by atoms with Crippen molar-refractivity contribution in [1.82, 2.24) is 10.2 Å². The molecule has 1 fully saturated rings. The van der Waals surface area contributed by atoms with E-state index in [0.717, 1.165) is 24.3 Å². The zero-order valence-electron chi connectivity index (χ0n) is 16.3. The van der Waals surface area contributed by atoms with Crippen molar-refractivity contribution in [3.05, 3.63) is 65.2 Å². The Bertz CT molecular complexity index is 813. The van der Waals surface area contributed by atoms with Gasteiger partial charge in [0.05, 0.1) is 12.0 Å². The number of benzene rings is 2. The molecule has 0 aliphatic carbocycles. The summed E-state index contributed by atoms with van der Waals surface area (Å²) in [6.45, 7) is 6.56. The third-order valence-corrected chi connectivity index (χ3v) is 5.54. The molecule has 6 heteroatoms. The molecule has 0 unspecified atom stereocenters. The van der Waals surface area contributed by atoms with Crippen LogP contribution in [-0.4, -0.2) is 49.4 Å². The van der Waals surface area contributed by atoms with Gasteiger partial charge in [0, 0.05) is 36.9 Å². The Morgan fingerprint density at radius 3 is 2.18 bits per heavy atom. The van der Waals surface area contributed by atoms with E-state index in [4.69, 9.17) is 11.6 Å². The Balaban J connectivity index is 1.49. The van der Waals surface area contributed by atoms with Gasteiger partial charge in [0.15, 0.2) is 0 Å². The van der Waals surface area contributed by atoms with Gasteiger partial charge in [-0.25, -0.2) is 0 Å². The largest absolute Gasteiger partial charge is 0.368 e. The number of amides is 2. The standard InChI is InChI=1S/C22H26ClN3O2/c1-22(2,17-6-4-3-5-7-17)21(28)24-16-20(27)26-14-12-25(13-15-26)19-10-8-18(23)9-11-19/h3-11H,12-16H2,1-2H3,(H,24,28). The van der Waals surface area contributed by atoms with E-state index in [1.165, 1.54) is 0 Å². The van der Waals surface area contributed by atoms with Crippen LogP contribution >= 0.6 is 11.6 Å². The van der Waals surface area contributed by atoms with Crippen LogP contribution in [-0.2, 0) is 15.0 Å². The minimum atomic E-state index is -0.686. The van der Waals surface area contributed by atoms with E-state index in [0.29, 0.717) is 18.1 Å². The number of piperazine rings is 1. The van der Waals surface area contributed by atoms with Crippen LogP contribution in [0.5, 0.6) is 0 Å². The molecule has 2 amide bonds. The third kappa shape index (κ3) is 4.65. The average Bonchev–Trinajstić information content (AvgIpc) is 2.73. The summed E-state index contributed by atoms with van der Waals surface area (Å²) in [5.41, 5.74) is 1.35. The first-order valence-corrected chi connectivity index (χ1v) is 9.88. The Labute approximate surface area is 171 Å². The number of rotatable bonds is 5. The molecule has 2 aromatic carbocycles. The molecule has 1 aliphatic rings. The molecular weight excluding hydrogens is 374 g/mol. The summed E-state index contributed by atoms with van der Waals surface area (Å²) in [5.74, 6) is -0.195. The molecule has 1 N–H and O–H groups in total. The summed E-state index contributed by atoms with van der Waals surface area (Å²) in [6, 6.07) is 17.3. The Morgan fingerprint density at radius 1 is 0.964 bits per heavy atom. The highest BCUT2D eigenvalue weighted by Gasteiger charge is 2.30. The molecule has 3 rings (SSSR count). The summed E-state index contributed by atoms with van der Waals surface area (Å²) in [4.78, 5) is 29.2. The summed E-state index contributed by atoms with van der Waals surface area (Å²) < 4.78 is 0. The van der Waals surface area contributed by atoms with E-state index in [9.17, 15) is 9.59 Å². The SMILES string of the molecule is CC(C)(C(=O)NCC(=O)N1CCN(c2ccc(Cl)cc2)CC1)c1ccccc1. The third-order valence-electron chi connectivity index (χ3n) is 5.29. The number of hydrogen-bond acceptors (Lipinski definition) is 3. The predicted molar refractivity (Wildman–Crippen MR) is 113 cm³/mol. The lowest BCUT2D eigenvalue weighted by Gasteiger charge is -2.36. The smallest absolute Gasteiger partial charge is 0.242 e. The second-order valence-corrected chi connectivity index (χ2v) is 7.95. The molecule has 0 aromatic heterocycles. The number of nitrogens with one attached hydrogen (secondary N) is 1. The lowest BCUT2D eigenvalue weighted by molar-refractivity contribution is -0.134.